The van der Waals surface area contributed by atoms with Gasteiger partial charge in [-0.05, 0) is 30.0 Å². The van der Waals surface area contributed by atoms with Gasteiger partial charge in [0.25, 0.3) is 0 Å². The maximum atomic E-state index is 12.1. The number of aromatic nitrogens is 5. The fraction of sp³-hybridized carbons (Fsp3) is 0.278. The summed E-state index contributed by atoms with van der Waals surface area (Å²) in [6, 6.07) is 12.0. The molecule has 0 bridgehead atoms. The van der Waals surface area contributed by atoms with Crippen LogP contribution in [0.4, 0.5) is 0 Å². The average molecular weight is 386 g/mol. The second kappa shape index (κ2) is 7.51. The number of imidazole rings is 1. The second-order valence-corrected chi connectivity index (χ2v) is 8.11. The van der Waals surface area contributed by atoms with Gasteiger partial charge in [0.2, 0.25) is 0 Å². The molecule has 6 nitrogen and oxygen atoms in total. The molecule has 4 aromatic rings. The van der Waals surface area contributed by atoms with E-state index in [1.165, 1.54) is 4.88 Å². The molecule has 0 aliphatic rings. The molecule has 26 heavy (non-hydrogen) atoms. The third kappa shape index (κ3) is 3.47. The highest BCUT2D eigenvalue weighted by Crippen LogP contribution is 2.20. The SMILES string of the molecule is Cn1c(Cc2cccs2)nnc1SCCCn1c(=O)[nH]c2ccccc21. The Morgan fingerprint density at radius 2 is 2.08 bits per heavy atom. The third-order valence-electron chi connectivity index (χ3n) is 4.28. The van der Waals surface area contributed by atoms with Gasteiger partial charge in [-0.1, -0.05) is 30.0 Å². The van der Waals surface area contributed by atoms with Crippen molar-refractivity contribution in [2.75, 3.05) is 5.75 Å². The highest BCUT2D eigenvalue weighted by atomic mass is 32.2. The molecule has 1 aromatic carbocycles. The lowest BCUT2D eigenvalue weighted by Gasteiger charge is -2.04. The number of aryl methyl sites for hydroxylation is 1. The van der Waals surface area contributed by atoms with Crippen LogP contribution in [0.15, 0.2) is 51.7 Å². The van der Waals surface area contributed by atoms with Crippen molar-refractivity contribution in [2.24, 2.45) is 7.05 Å². The molecule has 3 heterocycles. The minimum atomic E-state index is -0.0481. The fourth-order valence-corrected chi connectivity index (χ4v) is 4.46. The lowest BCUT2D eigenvalue weighted by molar-refractivity contribution is 0.677. The van der Waals surface area contributed by atoms with Crippen LogP contribution in [0.1, 0.15) is 17.1 Å². The quantitative estimate of drug-likeness (QED) is 0.391. The molecule has 0 aliphatic carbocycles. The molecule has 8 heteroatoms. The Labute approximate surface area is 158 Å². The number of para-hydroxylation sites is 2. The third-order valence-corrected chi connectivity index (χ3v) is 6.26. The van der Waals surface area contributed by atoms with Crippen molar-refractivity contribution in [3.63, 3.8) is 0 Å². The van der Waals surface area contributed by atoms with Crippen molar-refractivity contribution in [1.82, 2.24) is 24.3 Å². The van der Waals surface area contributed by atoms with E-state index in [-0.39, 0.29) is 5.69 Å². The van der Waals surface area contributed by atoms with E-state index in [2.05, 4.69) is 37.3 Å². The Kier molecular flexibility index (Phi) is 4.94. The Morgan fingerprint density at radius 1 is 1.19 bits per heavy atom. The van der Waals surface area contributed by atoms with Crippen LogP contribution in [0.25, 0.3) is 11.0 Å². The Hall–Kier alpha value is -2.32. The number of thiophene rings is 1. The lowest BCUT2D eigenvalue weighted by atomic mass is 10.3. The van der Waals surface area contributed by atoms with Crippen LogP contribution in [-0.4, -0.2) is 30.1 Å². The van der Waals surface area contributed by atoms with Gasteiger partial charge in [0.1, 0.15) is 5.82 Å². The van der Waals surface area contributed by atoms with E-state index >= 15 is 0 Å². The van der Waals surface area contributed by atoms with E-state index in [9.17, 15) is 4.79 Å². The minimum absolute atomic E-state index is 0.0481. The minimum Gasteiger partial charge on any atom is -0.309 e. The fourth-order valence-electron chi connectivity index (χ4n) is 2.91. The summed E-state index contributed by atoms with van der Waals surface area (Å²) in [6.07, 6.45) is 1.70. The molecule has 0 fully saturated rings. The first-order chi connectivity index (χ1) is 12.7. The van der Waals surface area contributed by atoms with Crippen LogP contribution in [-0.2, 0) is 20.0 Å². The first-order valence-corrected chi connectivity index (χ1v) is 10.3. The van der Waals surface area contributed by atoms with Gasteiger partial charge in [-0.25, -0.2) is 4.79 Å². The van der Waals surface area contributed by atoms with Crippen LogP contribution in [0.3, 0.4) is 0 Å². The first kappa shape index (κ1) is 17.1. The number of nitrogens with zero attached hydrogens (tertiary/aromatic N) is 4. The number of rotatable bonds is 7. The summed E-state index contributed by atoms with van der Waals surface area (Å²) in [6.45, 7) is 0.690. The normalized spacial score (nSPS) is 11.4. The highest BCUT2D eigenvalue weighted by molar-refractivity contribution is 7.99. The summed E-state index contributed by atoms with van der Waals surface area (Å²) in [5.41, 5.74) is 1.80. The molecular weight excluding hydrogens is 366 g/mol. The predicted octanol–water partition coefficient (Wildman–Crippen LogP) is 3.29. The standard InChI is InChI=1S/C18H19N5OS2/c1-22-16(12-13-6-4-10-25-13)20-21-18(22)26-11-5-9-23-15-8-3-2-7-14(15)19-17(23)24/h2-4,6-8,10H,5,9,11-12H2,1H3,(H,19,24). The van der Waals surface area contributed by atoms with Crippen LogP contribution < -0.4 is 5.69 Å². The van der Waals surface area contributed by atoms with E-state index in [1.54, 1.807) is 27.7 Å². The maximum absolute atomic E-state index is 12.1. The molecule has 1 N–H and O–H groups in total. The molecule has 0 unspecified atom stereocenters. The Morgan fingerprint density at radius 3 is 2.92 bits per heavy atom. The van der Waals surface area contributed by atoms with Gasteiger partial charge in [-0.3, -0.25) is 4.57 Å². The van der Waals surface area contributed by atoms with E-state index in [1.807, 2.05) is 31.3 Å². The summed E-state index contributed by atoms with van der Waals surface area (Å²) in [5, 5.41) is 11.6. The van der Waals surface area contributed by atoms with Gasteiger partial charge in [-0.15, -0.1) is 21.5 Å². The van der Waals surface area contributed by atoms with Crippen LogP contribution in [0, 0.1) is 0 Å². The zero-order valence-corrected chi connectivity index (χ0v) is 16.0. The van der Waals surface area contributed by atoms with Gasteiger partial charge in [0.05, 0.1) is 11.0 Å². The van der Waals surface area contributed by atoms with Crippen LogP contribution in [0.2, 0.25) is 0 Å². The van der Waals surface area contributed by atoms with Crippen molar-refractivity contribution in [1.29, 1.82) is 0 Å². The van der Waals surface area contributed by atoms with E-state index < -0.39 is 0 Å². The highest BCUT2D eigenvalue weighted by Gasteiger charge is 2.11. The molecule has 0 saturated carbocycles. The average Bonchev–Trinajstić information content (AvgIpc) is 3.34. The molecule has 134 valence electrons. The lowest BCUT2D eigenvalue weighted by Crippen LogP contribution is -2.17. The maximum Gasteiger partial charge on any atom is 0.326 e. The Bertz CT molecular complexity index is 1060. The number of aromatic amines is 1. The van der Waals surface area contributed by atoms with Crippen molar-refractivity contribution in [3.8, 4) is 0 Å². The smallest absolute Gasteiger partial charge is 0.309 e. The van der Waals surface area contributed by atoms with Crippen molar-refractivity contribution in [2.45, 2.75) is 24.5 Å². The summed E-state index contributed by atoms with van der Waals surface area (Å²) < 4.78 is 3.86. The van der Waals surface area contributed by atoms with Crippen LogP contribution in [0.5, 0.6) is 0 Å². The van der Waals surface area contributed by atoms with Crippen molar-refractivity contribution >= 4 is 34.1 Å². The molecule has 0 atom stereocenters. The molecule has 0 aliphatic heterocycles. The topological polar surface area (TPSA) is 68.5 Å². The number of H-pyrrole nitrogens is 1. The number of benzene rings is 1. The van der Waals surface area contributed by atoms with Gasteiger partial charge in [-0.2, -0.15) is 0 Å². The summed E-state index contributed by atoms with van der Waals surface area (Å²) in [5.74, 6) is 1.86. The predicted molar refractivity (Wildman–Crippen MR) is 106 cm³/mol. The molecule has 0 radical (unpaired) electrons. The van der Waals surface area contributed by atoms with E-state index in [0.29, 0.717) is 6.54 Å². The van der Waals surface area contributed by atoms with Crippen LogP contribution >= 0.6 is 23.1 Å². The van der Waals surface area contributed by atoms with Crippen molar-refractivity contribution < 1.29 is 0 Å². The van der Waals surface area contributed by atoms with Gasteiger partial charge < -0.3 is 9.55 Å². The number of nitrogens with one attached hydrogen (secondary N) is 1. The van der Waals surface area contributed by atoms with Crippen molar-refractivity contribution in [3.05, 3.63) is 63.0 Å². The molecule has 3 aromatic heterocycles. The Balaban J connectivity index is 1.36. The summed E-state index contributed by atoms with van der Waals surface area (Å²) in [7, 11) is 2.01. The molecule has 0 saturated heterocycles. The summed E-state index contributed by atoms with van der Waals surface area (Å²) >= 11 is 3.42. The van der Waals surface area contributed by atoms with Gasteiger partial charge in [0.15, 0.2) is 5.16 Å². The largest absolute Gasteiger partial charge is 0.326 e. The monoisotopic (exact) mass is 385 g/mol. The molecule has 0 spiro atoms. The zero-order chi connectivity index (χ0) is 17.9. The molecule has 0 amide bonds. The number of hydrogen-bond acceptors (Lipinski definition) is 5. The zero-order valence-electron chi connectivity index (χ0n) is 14.4. The van der Waals surface area contributed by atoms with Gasteiger partial charge >= 0.3 is 5.69 Å². The van der Waals surface area contributed by atoms with Gasteiger partial charge in [0, 0.05) is 30.6 Å². The molecule has 4 rings (SSSR count). The molecular formula is C18H19N5OS2. The van der Waals surface area contributed by atoms with E-state index in [0.717, 1.165) is 40.6 Å². The number of fused-ring (bicyclic) bond motifs is 1. The number of hydrogen-bond donors (Lipinski definition) is 1. The second-order valence-electron chi connectivity index (χ2n) is 6.01. The van der Waals surface area contributed by atoms with E-state index in [4.69, 9.17) is 0 Å². The number of thioether (sulfide) groups is 1. The summed E-state index contributed by atoms with van der Waals surface area (Å²) in [4.78, 5) is 16.3. The first-order valence-electron chi connectivity index (χ1n) is 8.43.